The van der Waals surface area contributed by atoms with Crippen LogP contribution in [0.5, 0.6) is 29.0 Å². The van der Waals surface area contributed by atoms with Crippen molar-refractivity contribution in [3.63, 3.8) is 0 Å². The number of aromatic nitrogens is 4. The van der Waals surface area contributed by atoms with Gasteiger partial charge in [0.15, 0.2) is 11.6 Å². The Morgan fingerprint density at radius 2 is 1.31 bits per heavy atom. The summed E-state index contributed by atoms with van der Waals surface area (Å²) < 4.78 is 84.4. The Hall–Kier alpha value is -9.47. The number of benzene rings is 7. The number of ketones is 2. The minimum atomic E-state index is -3.35. The van der Waals surface area contributed by atoms with Crippen LogP contribution in [0.25, 0.3) is 0 Å². The van der Waals surface area contributed by atoms with Gasteiger partial charge in [-0.3, -0.25) is 28.5 Å². The third kappa shape index (κ3) is 25.9. The minimum Gasteiger partial charge on any atom is -0.502 e. The van der Waals surface area contributed by atoms with E-state index in [1.165, 1.54) is 96.8 Å². The van der Waals surface area contributed by atoms with Crippen molar-refractivity contribution >= 4 is 113 Å². The first kappa shape index (κ1) is 108. The Kier molecular flexibility index (Phi) is 36.4. The molecule has 8 aliphatic rings. The van der Waals surface area contributed by atoms with Crippen LogP contribution in [0.3, 0.4) is 0 Å². The molecular weight excluding hydrogens is 2000 g/mol. The molecule has 2 amide bonds. The van der Waals surface area contributed by atoms with E-state index in [9.17, 15) is 27.6 Å². The number of rotatable bonds is 24. The van der Waals surface area contributed by atoms with Crippen molar-refractivity contribution in [1.82, 2.24) is 19.6 Å². The second kappa shape index (κ2) is 47.8. The summed E-state index contributed by atoms with van der Waals surface area (Å²) in [5.74, 6) is 0.926. The fourth-order valence-corrected chi connectivity index (χ4v) is 28.9. The van der Waals surface area contributed by atoms with E-state index in [1.54, 1.807) is 46.6 Å². The maximum absolute atomic E-state index is 14.7. The van der Waals surface area contributed by atoms with Crippen molar-refractivity contribution < 1.29 is 74.3 Å². The van der Waals surface area contributed by atoms with Crippen LogP contribution < -0.4 is 43.3 Å². The number of ether oxygens (including phenoxy) is 7. The summed E-state index contributed by atoms with van der Waals surface area (Å²) in [6, 6.07) is 40.1. The molecule has 4 aliphatic heterocycles. The monoisotopic (exact) mass is 2140 g/mol. The second-order valence-electron chi connectivity index (χ2n) is 40.2. The third-order valence-corrected chi connectivity index (χ3v) is 35.6. The number of para-hydroxylation sites is 1. The van der Waals surface area contributed by atoms with E-state index < -0.39 is 67.9 Å². The van der Waals surface area contributed by atoms with Gasteiger partial charge in [-0.2, -0.15) is 15.4 Å². The molecule has 2 saturated carbocycles. The molecule has 2 bridgehead atoms. The van der Waals surface area contributed by atoms with Crippen molar-refractivity contribution in [3.8, 4) is 29.0 Å². The molecule has 30 heteroatoms. The Balaban J connectivity index is 0.000000167. The van der Waals surface area contributed by atoms with Crippen LogP contribution in [0.4, 0.5) is 22.7 Å². The van der Waals surface area contributed by atoms with Gasteiger partial charge in [-0.05, 0) is 266 Å². The van der Waals surface area contributed by atoms with Gasteiger partial charge in [0.1, 0.15) is 22.6 Å². The Morgan fingerprint density at radius 1 is 0.725 bits per heavy atom. The number of allylic oxidation sites excluding steroid dienone is 3. The summed E-state index contributed by atoms with van der Waals surface area (Å²) in [6.45, 7) is 35.4. The first-order valence-electron chi connectivity index (χ1n) is 49.3. The number of hydrogen-bond acceptors (Lipinski definition) is 19. The smallest absolute Gasteiger partial charge is 0.285 e. The van der Waals surface area contributed by atoms with Crippen LogP contribution in [0.15, 0.2) is 179 Å². The van der Waals surface area contributed by atoms with Crippen LogP contribution in [0.2, 0.25) is 10.0 Å². The molecule has 4 aliphatic carbocycles. The van der Waals surface area contributed by atoms with E-state index in [2.05, 4.69) is 154 Å². The maximum Gasteiger partial charge on any atom is 0.285 e. The predicted octanol–water partition coefficient (Wildman–Crippen LogP) is 23.1. The summed E-state index contributed by atoms with van der Waals surface area (Å²) >= 11 is 11.2. The third-order valence-electron chi connectivity index (χ3n) is 28.7. The number of methoxy groups -OCH3 is 4. The zero-order valence-corrected chi connectivity index (χ0v) is 91.5. The molecule has 764 valence electrons. The van der Waals surface area contributed by atoms with Gasteiger partial charge in [-0.1, -0.05) is 115 Å². The number of amides is 2. The minimum absolute atomic E-state index is 0.0395. The van der Waals surface area contributed by atoms with Crippen LogP contribution >= 0.6 is 42.6 Å². The molecule has 0 N–H and O–H groups in total. The summed E-state index contributed by atoms with van der Waals surface area (Å²) in [5, 5.41) is 9.85. The van der Waals surface area contributed by atoms with Crippen molar-refractivity contribution in [2.75, 3.05) is 124 Å². The van der Waals surface area contributed by atoms with Gasteiger partial charge in [-0.15, -0.1) is 16.8 Å². The maximum atomic E-state index is 14.7. The van der Waals surface area contributed by atoms with Crippen LogP contribution in [-0.2, 0) is 80.2 Å². The molecular formula is C112H139Cl4N10O13RuS2-. The van der Waals surface area contributed by atoms with Crippen LogP contribution in [0, 0.1) is 83.7 Å². The molecule has 12 atom stereocenters. The van der Waals surface area contributed by atoms with Gasteiger partial charge >= 0.3 is 97.8 Å². The van der Waals surface area contributed by atoms with Crippen molar-refractivity contribution in [2.45, 2.75) is 182 Å². The standard InChI is InChI=1S/C42H53ClN4O6S.C39H47ClN4O6S.C21H27N2.C10H12O.2ClH.Ru/c1-7-9-11-28(3)24-54(50,25-37(48)34-23-46(4)44-41(34)52-6)45-40(49)30-14-18-39-36(21-30)47(22-31-13-16-33(31)38(8-2)51-5)26-42(27-53-39)19-10-12-29-20-32(43)15-17-35(29)42;1-25-7-5-9-35(48-3)30-13-10-28(30)19-44-23-39(16-6-8-26-17-29(40)12-14-32(26)39)24-50-36-15-11-27(18-33(36)44)37(46)42-51(47,21-25)22-34(45)31-20-43(2)41-38(31)49-4;1-14-9-16(3)20(17(4)10-14)22-7-8-23(13-22)21-18(5)11-15(2)12-19(21)6;1-8(2)11-10-7-5-4-6-9(10)3;;;/h7-9,14-15,17-18,20-21,23,28,31,33,38H,2,10-13,16,19,22,24-27H2,1,3-6H3;5,9,11-12,14-15,17-18,20,25,28,30,35H,6-8,10,13,16,19,21-24H2,1-4H3;9-13H,7-8H2,1-6H3;3-8H,1-2H3;2*1H;/q;;-1;;;;+2/p-2/b9-7+;9-5+;;;;;/t28-,31-,33+,38-,42-,54+;25-,28-,30+,35-,39-,51+;;;;;/m00...../s1. The van der Waals surface area contributed by atoms with E-state index in [1.807, 2.05) is 118 Å². The normalized spacial score (nSPS) is 22.9. The quantitative estimate of drug-likeness (QED) is 0.0236. The molecule has 142 heavy (non-hydrogen) atoms. The molecule has 0 unspecified atom stereocenters. The molecule has 7 aromatic carbocycles. The summed E-state index contributed by atoms with van der Waals surface area (Å²) in [6.07, 6.45) is 24.6. The fourth-order valence-electron chi connectivity index (χ4n) is 22.2. The number of halogens is 4. The van der Waals surface area contributed by atoms with Gasteiger partial charge in [0.2, 0.25) is 11.8 Å². The van der Waals surface area contributed by atoms with E-state index >= 15 is 0 Å². The number of Topliss-reactive ketones (excluding diaryl/α,β-unsaturated/α-hetero) is 2. The molecule has 2 aromatic heterocycles. The molecule has 3 fully saturated rings. The zero-order chi connectivity index (χ0) is 102. The average molecular weight is 2140 g/mol. The molecule has 6 heterocycles. The molecule has 2 spiro atoms. The van der Waals surface area contributed by atoms with E-state index in [0.29, 0.717) is 78.9 Å². The van der Waals surface area contributed by atoms with Gasteiger partial charge in [0.25, 0.3) is 11.8 Å². The molecule has 9 aromatic rings. The van der Waals surface area contributed by atoms with Gasteiger partial charge in [0.05, 0.1) is 82.0 Å². The Bertz CT molecular complexity index is 6380. The van der Waals surface area contributed by atoms with Crippen LogP contribution in [0.1, 0.15) is 201 Å². The van der Waals surface area contributed by atoms with Gasteiger partial charge in [0, 0.05) is 135 Å². The topological polar surface area (TPSA) is 240 Å². The van der Waals surface area contributed by atoms with E-state index in [-0.39, 0.29) is 75.4 Å². The Labute approximate surface area is 863 Å². The number of hydrogen-bond donors (Lipinski definition) is 0. The Morgan fingerprint density at radius 3 is 1.85 bits per heavy atom. The molecule has 0 radical (unpaired) electrons. The molecule has 17 rings (SSSR count). The number of nitrogens with zero attached hydrogens (tertiary/aromatic N) is 10. The average Bonchev–Trinajstić information content (AvgIpc) is 1.54. The number of carbonyl (C=O) groups is 4. The number of anilines is 4. The number of fused-ring (bicyclic) bond motifs is 7. The number of aryl methyl sites for hydroxylation is 10. The first-order chi connectivity index (χ1) is 67.9. The van der Waals surface area contributed by atoms with Crippen molar-refractivity contribution in [3.05, 3.63) is 271 Å². The SMILES string of the molecule is C=C[C@H](OC)[C@@H]1CC[C@H]1CN1C[C@@]2(CCCc3cc(Cl)ccc32)COc2ccc(C(=O)N=[S@](=O)(CC(=O)c3cn(C)nc3OC)C[C@@H](C)C/C=C/C)cc21.CC(C)Oc1ccccc1[CH]=[Ru]([Cl])[Cl].COc1nn(C)cc1C(=O)C[S@@]1(=O)=NC(=O)c2ccc3c(c2)N(C[C@@H]2CC[C@H]2[C@@H](OC)/C=C/C[C@H](C)C1)C[C@@]1(CCCc2cc(Cl)ccc21)CO3.Cc1cc(C)c(N2[CH-]N(c3c(C)cc(C)cc3C)CC2)c(C)c1. The van der Waals surface area contributed by atoms with Crippen molar-refractivity contribution in [2.24, 2.45) is 58.3 Å². The zero-order valence-electron chi connectivity index (χ0n) is 85.1. The first-order valence-corrected chi connectivity index (χ1v) is 59.3. The second-order valence-corrected chi connectivity index (χ2v) is 51.5. The molecule has 23 nitrogen and oxygen atoms in total. The van der Waals surface area contributed by atoms with Crippen LogP contribution in [-0.4, -0.2) is 178 Å². The predicted molar refractivity (Wildman–Crippen MR) is 573 cm³/mol. The summed E-state index contributed by atoms with van der Waals surface area (Å²) in [4.78, 5) is 65.0. The van der Waals surface area contributed by atoms with E-state index in [4.69, 9.17) is 75.7 Å². The van der Waals surface area contributed by atoms with E-state index in [0.717, 1.165) is 130 Å². The van der Waals surface area contributed by atoms with Gasteiger partial charge < -0.3 is 48.0 Å². The number of carbonyl (C=O) groups excluding carboxylic acids is 4. The molecule has 1 saturated heterocycles. The largest absolute Gasteiger partial charge is 0.502 e. The summed E-state index contributed by atoms with van der Waals surface area (Å²) in [7, 11) is 14.7. The summed E-state index contributed by atoms with van der Waals surface area (Å²) in [5.41, 5.74) is 19.0. The van der Waals surface area contributed by atoms with Crippen molar-refractivity contribution in [1.29, 1.82) is 0 Å². The van der Waals surface area contributed by atoms with Gasteiger partial charge in [-0.25, -0.2) is 8.42 Å². The fraction of sp³-hybridized carbons (Fsp3) is 0.464.